The van der Waals surface area contributed by atoms with E-state index in [2.05, 4.69) is 32.8 Å². The van der Waals surface area contributed by atoms with Crippen LogP contribution in [0.2, 0.25) is 5.02 Å². The zero-order chi connectivity index (χ0) is 29.8. The summed E-state index contributed by atoms with van der Waals surface area (Å²) in [5.74, 6) is -2.50. The summed E-state index contributed by atoms with van der Waals surface area (Å²) in [5.41, 5.74) is 0.929. The van der Waals surface area contributed by atoms with E-state index in [9.17, 15) is 18.4 Å². The minimum absolute atomic E-state index is 0.0188. The molecule has 2 aromatic heterocycles. The molecule has 224 valence electrons. The van der Waals surface area contributed by atoms with Crippen molar-refractivity contribution in [1.82, 2.24) is 19.9 Å². The predicted molar refractivity (Wildman–Crippen MR) is 158 cm³/mol. The molecule has 0 spiro atoms. The molecule has 1 saturated carbocycles. The van der Waals surface area contributed by atoms with Gasteiger partial charge in [-0.15, -0.1) is 0 Å². The zero-order valence-corrected chi connectivity index (χ0v) is 24.5. The molecule has 4 heterocycles. The number of aryl methyl sites for hydroxylation is 1. The number of halogens is 3. The fraction of sp³-hybridized carbons (Fsp3) is 0.517. The number of nitrogens with zero attached hydrogens (tertiary/aromatic N) is 4. The molecule has 3 atom stereocenters. The summed E-state index contributed by atoms with van der Waals surface area (Å²) in [6, 6.07) is 4.16. The van der Waals surface area contributed by atoms with Crippen molar-refractivity contribution >= 4 is 51.6 Å². The normalized spacial score (nSPS) is 23.4. The standard InChI is InChI=1S/C29H34ClF2N7O3/c1-4-33-26(40)17-9-15(2)12-39(13-17)28-34-11-20(30)25(37-28)35-18-7-8-21-19(10-18)22-23(27(41)38(21)3)42-14-29(31,32)24(36-22)16-5-6-16/h7-8,10-11,15-17,24,36H,4-6,9,12-14H2,1-3H3,(H,33,40)(H,34,35,37)/t15-,17?,24+/m1/s1. The summed E-state index contributed by atoms with van der Waals surface area (Å²) in [6.45, 7) is 4.90. The number of amides is 1. The third-order valence-corrected chi connectivity index (χ3v) is 8.55. The monoisotopic (exact) mass is 601 g/mol. The molecule has 3 aromatic rings. The smallest absolute Gasteiger partial charge is 0.301 e. The van der Waals surface area contributed by atoms with E-state index in [0.29, 0.717) is 65.9 Å². The van der Waals surface area contributed by atoms with Crippen LogP contribution in [0.1, 0.15) is 33.1 Å². The van der Waals surface area contributed by atoms with E-state index in [1.165, 1.54) is 10.8 Å². The number of fused-ring (bicyclic) bond motifs is 3. The molecule has 0 radical (unpaired) electrons. The number of pyridine rings is 1. The molecule has 1 aromatic carbocycles. The number of rotatable bonds is 6. The number of hydrogen-bond donors (Lipinski definition) is 3. The summed E-state index contributed by atoms with van der Waals surface area (Å²) in [4.78, 5) is 36.8. The topological polar surface area (TPSA) is 113 Å². The Bertz CT molecular complexity index is 1600. The Kier molecular flexibility index (Phi) is 7.36. The number of hydrogen-bond acceptors (Lipinski definition) is 8. The fourth-order valence-corrected chi connectivity index (χ4v) is 6.18. The van der Waals surface area contributed by atoms with Crippen LogP contribution < -0.4 is 31.1 Å². The van der Waals surface area contributed by atoms with Gasteiger partial charge in [0.1, 0.15) is 5.02 Å². The molecule has 0 bridgehead atoms. The Morgan fingerprint density at radius 2 is 2.07 bits per heavy atom. The van der Waals surface area contributed by atoms with E-state index < -0.39 is 24.1 Å². The van der Waals surface area contributed by atoms with Crippen LogP contribution in [-0.4, -0.2) is 58.6 Å². The Morgan fingerprint density at radius 3 is 2.81 bits per heavy atom. The Labute approximate surface area is 246 Å². The number of alkyl halides is 2. The SMILES string of the molecule is CCNC(=O)C1C[C@@H](C)CN(c2ncc(Cl)c(Nc3ccc4c(c3)c3c(c(=O)n4C)OCC(F)(F)[C@H](C4CC4)N3)n2)C1. The first-order valence-electron chi connectivity index (χ1n) is 14.3. The second-order valence-electron chi connectivity index (χ2n) is 11.6. The van der Waals surface area contributed by atoms with Crippen molar-refractivity contribution in [2.24, 2.45) is 24.8 Å². The van der Waals surface area contributed by atoms with E-state index in [4.69, 9.17) is 16.3 Å². The number of carbonyl (C=O) groups is 1. The molecule has 1 amide bonds. The highest BCUT2D eigenvalue weighted by atomic mass is 35.5. The third kappa shape index (κ3) is 5.32. The number of aromatic nitrogens is 3. The fourth-order valence-electron chi connectivity index (χ4n) is 6.04. The number of anilines is 4. The third-order valence-electron chi connectivity index (χ3n) is 8.27. The van der Waals surface area contributed by atoms with Gasteiger partial charge in [0.25, 0.3) is 5.56 Å². The van der Waals surface area contributed by atoms with Crippen LogP contribution in [0.4, 0.5) is 31.9 Å². The molecule has 1 saturated heterocycles. The Balaban J connectivity index is 1.33. The van der Waals surface area contributed by atoms with E-state index in [1.54, 1.807) is 25.2 Å². The number of benzene rings is 1. The molecule has 13 heteroatoms. The van der Waals surface area contributed by atoms with Gasteiger partial charge in [0.05, 0.1) is 29.4 Å². The van der Waals surface area contributed by atoms with E-state index in [-0.39, 0.29) is 35.1 Å². The van der Waals surface area contributed by atoms with Crippen LogP contribution in [0.5, 0.6) is 5.75 Å². The summed E-state index contributed by atoms with van der Waals surface area (Å²) in [5, 5.41) is 9.99. The predicted octanol–water partition coefficient (Wildman–Crippen LogP) is 4.54. The first-order valence-corrected chi connectivity index (χ1v) is 14.7. The van der Waals surface area contributed by atoms with Crippen LogP contribution in [0.15, 0.2) is 29.2 Å². The second kappa shape index (κ2) is 10.9. The van der Waals surface area contributed by atoms with Gasteiger partial charge in [-0.25, -0.2) is 13.8 Å². The molecule has 2 fully saturated rings. The maximum absolute atomic E-state index is 15.0. The van der Waals surface area contributed by atoms with Crippen molar-refractivity contribution < 1.29 is 18.3 Å². The second-order valence-corrected chi connectivity index (χ2v) is 12.0. The number of ether oxygens (including phenoxy) is 1. The lowest BCUT2D eigenvalue weighted by Gasteiger charge is -2.35. The van der Waals surface area contributed by atoms with Crippen molar-refractivity contribution in [2.75, 3.05) is 41.8 Å². The van der Waals surface area contributed by atoms with Gasteiger partial charge in [0.15, 0.2) is 12.4 Å². The maximum Gasteiger partial charge on any atom is 0.301 e. The summed E-state index contributed by atoms with van der Waals surface area (Å²) < 4.78 is 36.8. The highest BCUT2D eigenvalue weighted by molar-refractivity contribution is 6.33. The van der Waals surface area contributed by atoms with Gasteiger partial charge in [-0.05, 0) is 56.2 Å². The molecule has 1 aliphatic carbocycles. The zero-order valence-electron chi connectivity index (χ0n) is 23.7. The molecule has 3 N–H and O–H groups in total. The molecule has 42 heavy (non-hydrogen) atoms. The van der Waals surface area contributed by atoms with Gasteiger partial charge in [0.2, 0.25) is 17.6 Å². The average Bonchev–Trinajstić information content (AvgIpc) is 3.80. The first-order chi connectivity index (χ1) is 20.1. The van der Waals surface area contributed by atoms with Crippen molar-refractivity contribution in [2.45, 2.75) is 45.1 Å². The van der Waals surface area contributed by atoms with Crippen LogP contribution in [0.25, 0.3) is 10.9 Å². The lowest BCUT2D eigenvalue weighted by molar-refractivity contribution is -0.125. The summed E-state index contributed by atoms with van der Waals surface area (Å²) in [6.07, 6.45) is 3.70. The number of piperidine rings is 1. The molecule has 1 unspecified atom stereocenters. The van der Waals surface area contributed by atoms with Crippen LogP contribution in [0, 0.1) is 17.8 Å². The van der Waals surface area contributed by atoms with Gasteiger partial charge in [-0.1, -0.05) is 18.5 Å². The quantitative estimate of drug-likeness (QED) is 0.377. The largest absolute Gasteiger partial charge is 0.480 e. The van der Waals surface area contributed by atoms with Crippen molar-refractivity contribution in [1.29, 1.82) is 0 Å². The summed E-state index contributed by atoms with van der Waals surface area (Å²) >= 11 is 6.50. The van der Waals surface area contributed by atoms with Crippen molar-refractivity contribution in [3.8, 4) is 5.75 Å². The van der Waals surface area contributed by atoms with Crippen molar-refractivity contribution in [3.05, 3.63) is 39.8 Å². The Hall–Kier alpha value is -3.67. The summed E-state index contributed by atoms with van der Waals surface area (Å²) in [7, 11) is 1.59. The van der Waals surface area contributed by atoms with Crippen LogP contribution in [0.3, 0.4) is 0 Å². The van der Waals surface area contributed by atoms with Crippen molar-refractivity contribution in [3.63, 3.8) is 0 Å². The average molecular weight is 602 g/mol. The molecule has 10 nitrogen and oxygen atoms in total. The lowest BCUT2D eigenvalue weighted by Crippen LogP contribution is -2.46. The van der Waals surface area contributed by atoms with E-state index in [1.807, 2.05) is 11.8 Å². The van der Waals surface area contributed by atoms with Gasteiger partial charge in [0, 0.05) is 37.8 Å². The molecule has 2 aliphatic heterocycles. The van der Waals surface area contributed by atoms with Gasteiger partial charge < -0.3 is 30.2 Å². The maximum atomic E-state index is 15.0. The highest BCUT2D eigenvalue weighted by Gasteiger charge is 2.51. The van der Waals surface area contributed by atoms with E-state index in [0.717, 1.165) is 6.42 Å². The number of carbonyl (C=O) groups excluding carboxylic acids is 1. The minimum Gasteiger partial charge on any atom is -0.480 e. The molecular weight excluding hydrogens is 568 g/mol. The van der Waals surface area contributed by atoms with Crippen LogP contribution in [-0.2, 0) is 11.8 Å². The highest BCUT2D eigenvalue weighted by Crippen LogP contribution is 2.45. The lowest BCUT2D eigenvalue weighted by atomic mass is 9.90. The van der Waals surface area contributed by atoms with Crippen LogP contribution >= 0.6 is 11.6 Å². The first kappa shape index (κ1) is 28.4. The number of nitrogens with one attached hydrogen (secondary N) is 3. The minimum atomic E-state index is -3.12. The van der Waals surface area contributed by atoms with Gasteiger partial charge in [-0.3, -0.25) is 9.59 Å². The molecule has 3 aliphatic rings. The molecule has 6 rings (SSSR count). The van der Waals surface area contributed by atoms with E-state index >= 15 is 0 Å². The van der Waals surface area contributed by atoms with Gasteiger partial charge in [-0.2, -0.15) is 4.98 Å². The van der Waals surface area contributed by atoms with Gasteiger partial charge >= 0.3 is 5.92 Å². The Morgan fingerprint density at radius 1 is 1.29 bits per heavy atom. The molecular formula is C29H34ClF2N7O3.